The van der Waals surface area contributed by atoms with Crippen molar-refractivity contribution in [1.82, 2.24) is 14.3 Å². The number of nitrogens with zero attached hydrogens (tertiary/aromatic N) is 4. The van der Waals surface area contributed by atoms with Gasteiger partial charge < -0.3 is 4.90 Å². The molecule has 0 aliphatic heterocycles. The van der Waals surface area contributed by atoms with Gasteiger partial charge in [-0.15, -0.1) is 0 Å². The molecular formula is C19H16N4S. The predicted octanol–water partition coefficient (Wildman–Crippen LogP) is 4.39. The van der Waals surface area contributed by atoms with E-state index < -0.39 is 0 Å². The number of para-hydroxylation sites is 1. The minimum atomic E-state index is 0.750. The summed E-state index contributed by atoms with van der Waals surface area (Å²) in [7, 11) is 2.06. The Morgan fingerprint density at radius 1 is 0.917 bits per heavy atom. The lowest BCUT2D eigenvalue weighted by Crippen LogP contribution is -2.18. The van der Waals surface area contributed by atoms with Gasteiger partial charge in [0.1, 0.15) is 5.82 Å². The Balaban J connectivity index is 1.83. The standard InChI is InChI=1S/C19H16N4S/c1-23(13-15-11-12-20-24-15)19-16-9-5-6-10-17(16)21-18(22-19)14-7-3-2-4-8-14/h2-12H,13H2,1H3. The lowest BCUT2D eigenvalue weighted by atomic mass is 10.1. The zero-order chi connectivity index (χ0) is 16.4. The van der Waals surface area contributed by atoms with Crippen molar-refractivity contribution in [1.29, 1.82) is 0 Å². The van der Waals surface area contributed by atoms with E-state index in [0.717, 1.165) is 34.7 Å². The third-order valence-corrected chi connectivity index (χ3v) is 4.59. The highest BCUT2D eigenvalue weighted by Crippen LogP contribution is 2.28. The molecule has 2 aromatic carbocycles. The largest absolute Gasteiger partial charge is 0.354 e. The average Bonchev–Trinajstić information content (AvgIpc) is 3.14. The van der Waals surface area contributed by atoms with Crippen LogP contribution in [0.5, 0.6) is 0 Å². The fourth-order valence-corrected chi connectivity index (χ4v) is 3.33. The smallest absolute Gasteiger partial charge is 0.162 e. The Kier molecular flexibility index (Phi) is 3.92. The molecule has 0 aliphatic rings. The van der Waals surface area contributed by atoms with Crippen LogP contribution in [-0.2, 0) is 6.54 Å². The number of rotatable bonds is 4. The van der Waals surface area contributed by atoms with Crippen molar-refractivity contribution in [2.45, 2.75) is 6.54 Å². The van der Waals surface area contributed by atoms with Gasteiger partial charge in [-0.1, -0.05) is 42.5 Å². The van der Waals surface area contributed by atoms with Gasteiger partial charge in [0.2, 0.25) is 0 Å². The number of anilines is 1. The first-order chi connectivity index (χ1) is 11.8. The van der Waals surface area contributed by atoms with Gasteiger partial charge >= 0.3 is 0 Å². The summed E-state index contributed by atoms with van der Waals surface area (Å²) in [5.74, 6) is 1.69. The Bertz CT molecular complexity index is 952. The number of hydrogen-bond acceptors (Lipinski definition) is 5. The average molecular weight is 332 g/mol. The van der Waals surface area contributed by atoms with Crippen molar-refractivity contribution >= 4 is 28.3 Å². The lowest BCUT2D eigenvalue weighted by Gasteiger charge is -2.19. The molecule has 4 rings (SSSR count). The molecule has 0 spiro atoms. The summed E-state index contributed by atoms with van der Waals surface area (Å²) in [5.41, 5.74) is 1.98. The molecule has 4 nitrogen and oxygen atoms in total. The predicted molar refractivity (Wildman–Crippen MR) is 99.2 cm³/mol. The monoisotopic (exact) mass is 332 g/mol. The molecule has 0 fully saturated rings. The zero-order valence-corrected chi connectivity index (χ0v) is 14.1. The van der Waals surface area contributed by atoms with Crippen LogP contribution in [0, 0.1) is 0 Å². The van der Waals surface area contributed by atoms with Crippen LogP contribution in [0.4, 0.5) is 5.82 Å². The first-order valence-electron chi connectivity index (χ1n) is 7.74. The Morgan fingerprint density at radius 3 is 2.50 bits per heavy atom. The first-order valence-corrected chi connectivity index (χ1v) is 8.51. The molecular weight excluding hydrogens is 316 g/mol. The van der Waals surface area contributed by atoms with Crippen molar-refractivity contribution < 1.29 is 0 Å². The first kappa shape index (κ1) is 14.8. The molecule has 0 saturated carbocycles. The molecule has 2 aromatic heterocycles. The van der Waals surface area contributed by atoms with Crippen molar-refractivity contribution in [3.63, 3.8) is 0 Å². The van der Waals surface area contributed by atoms with Crippen LogP contribution in [0.15, 0.2) is 66.9 Å². The molecule has 5 heteroatoms. The topological polar surface area (TPSA) is 41.9 Å². The van der Waals surface area contributed by atoms with Crippen molar-refractivity contribution in [3.8, 4) is 11.4 Å². The second-order valence-corrected chi connectivity index (χ2v) is 6.51. The highest BCUT2D eigenvalue weighted by molar-refractivity contribution is 7.05. The maximum Gasteiger partial charge on any atom is 0.162 e. The van der Waals surface area contributed by atoms with Crippen LogP contribution in [0.25, 0.3) is 22.3 Å². The second kappa shape index (κ2) is 6.37. The van der Waals surface area contributed by atoms with E-state index in [0.29, 0.717) is 0 Å². The fourth-order valence-electron chi connectivity index (χ4n) is 2.70. The van der Waals surface area contributed by atoms with Crippen LogP contribution >= 0.6 is 11.5 Å². The van der Waals surface area contributed by atoms with E-state index in [2.05, 4.69) is 22.4 Å². The van der Waals surface area contributed by atoms with E-state index in [-0.39, 0.29) is 0 Å². The Morgan fingerprint density at radius 2 is 1.71 bits per heavy atom. The summed E-state index contributed by atoms with van der Waals surface area (Å²) in [6.45, 7) is 0.778. The Hall–Kier alpha value is -2.79. The zero-order valence-electron chi connectivity index (χ0n) is 13.3. The lowest BCUT2D eigenvalue weighted by molar-refractivity contribution is 0.916. The molecule has 0 N–H and O–H groups in total. The van der Waals surface area contributed by atoms with Gasteiger partial charge in [0.05, 0.1) is 12.1 Å². The maximum atomic E-state index is 4.85. The fraction of sp³-hybridized carbons (Fsp3) is 0.105. The van der Waals surface area contributed by atoms with Gasteiger partial charge in [0.25, 0.3) is 0 Å². The van der Waals surface area contributed by atoms with Gasteiger partial charge in [-0.2, -0.15) is 0 Å². The molecule has 0 amide bonds. The minimum absolute atomic E-state index is 0.750. The number of aromatic nitrogens is 3. The van der Waals surface area contributed by atoms with Gasteiger partial charge in [-0.05, 0) is 29.7 Å². The van der Waals surface area contributed by atoms with E-state index in [1.165, 1.54) is 16.4 Å². The van der Waals surface area contributed by atoms with Crippen molar-refractivity contribution in [2.24, 2.45) is 0 Å². The molecule has 0 atom stereocenters. The summed E-state index contributed by atoms with van der Waals surface area (Å²) in [5, 5.41) is 1.06. The van der Waals surface area contributed by atoms with Crippen LogP contribution < -0.4 is 4.90 Å². The SMILES string of the molecule is CN(Cc1ccns1)c1nc(-c2ccccc2)nc2ccccc12. The van der Waals surface area contributed by atoms with Crippen LogP contribution in [0.3, 0.4) is 0 Å². The summed E-state index contributed by atoms with van der Waals surface area (Å²) >= 11 is 1.52. The second-order valence-electron chi connectivity index (χ2n) is 5.59. The van der Waals surface area contributed by atoms with E-state index >= 15 is 0 Å². The normalized spacial score (nSPS) is 10.9. The molecule has 24 heavy (non-hydrogen) atoms. The summed E-state index contributed by atoms with van der Waals surface area (Å²) < 4.78 is 4.18. The molecule has 4 aromatic rings. The highest BCUT2D eigenvalue weighted by Gasteiger charge is 2.13. The molecule has 0 bridgehead atoms. The van der Waals surface area contributed by atoms with Crippen molar-refractivity contribution in [3.05, 3.63) is 71.7 Å². The number of hydrogen-bond donors (Lipinski definition) is 0. The van der Waals surface area contributed by atoms with Crippen LogP contribution in [-0.4, -0.2) is 21.4 Å². The quantitative estimate of drug-likeness (QED) is 0.556. The molecule has 0 radical (unpaired) electrons. The molecule has 2 heterocycles. The maximum absolute atomic E-state index is 4.85. The van der Waals surface area contributed by atoms with Gasteiger partial charge in [-0.3, -0.25) is 0 Å². The summed E-state index contributed by atoms with van der Waals surface area (Å²) in [4.78, 5) is 13.0. The van der Waals surface area contributed by atoms with Gasteiger partial charge in [0.15, 0.2) is 5.82 Å². The number of fused-ring (bicyclic) bond motifs is 1. The van der Waals surface area contributed by atoms with E-state index in [1.54, 1.807) is 0 Å². The van der Waals surface area contributed by atoms with E-state index in [1.807, 2.05) is 60.8 Å². The highest BCUT2D eigenvalue weighted by atomic mass is 32.1. The van der Waals surface area contributed by atoms with E-state index in [9.17, 15) is 0 Å². The molecule has 0 saturated heterocycles. The van der Waals surface area contributed by atoms with E-state index in [4.69, 9.17) is 9.97 Å². The van der Waals surface area contributed by atoms with Crippen LogP contribution in [0.1, 0.15) is 4.88 Å². The minimum Gasteiger partial charge on any atom is -0.354 e. The summed E-state index contributed by atoms with van der Waals surface area (Å²) in [6.07, 6.45) is 1.83. The summed E-state index contributed by atoms with van der Waals surface area (Å²) in [6, 6.07) is 20.3. The van der Waals surface area contributed by atoms with Crippen molar-refractivity contribution in [2.75, 3.05) is 11.9 Å². The van der Waals surface area contributed by atoms with Gasteiger partial charge in [-0.25, -0.2) is 14.3 Å². The van der Waals surface area contributed by atoms with Crippen LogP contribution in [0.2, 0.25) is 0 Å². The number of benzene rings is 2. The third kappa shape index (κ3) is 2.86. The Labute approximate surface area is 144 Å². The van der Waals surface area contributed by atoms with Gasteiger partial charge in [0, 0.05) is 29.1 Å². The molecule has 0 unspecified atom stereocenters. The molecule has 118 valence electrons. The molecule has 0 aliphatic carbocycles. The third-order valence-electron chi connectivity index (χ3n) is 3.86.